The monoisotopic (exact) mass is 567 g/mol. The highest BCUT2D eigenvalue weighted by Gasteiger charge is 2.33. The van der Waals surface area contributed by atoms with Crippen molar-refractivity contribution in [1.29, 1.82) is 0 Å². The van der Waals surface area contributed by atoms with E-state index in [9.17, 15) is 0 Å². The minimum atomic E-state index is 0.495. The first kappa shape index (κ1) is 33.3. The average Bonchev–Trinajstić information content (AvgIpc) is 3.03. The maximum absolute atomic E-state index is 6.91. The summed E-state index contributed by atoms with van der Waals surface area (Å²) in [6.45, 7) is 12.6. The van der Waals surface area contributed by atoms with E-state index in [1.807, 2.05) is 0 Å². The zero-order valence-corrected chi connectivity index (χ0v) is 27.7. The largest absolute Gasteiger partial charge is 0.375 e. The fourth-order valence-electron chi connectivity index (χ4n) is 10.0. The summed E-state index contributed by atoms with van der Waals surface area (Å²) >= 11 is 0. The van der Waals surface area contributed by atoms with Gasteiger partial charge in [-0.25, -0.2) is 0 Å². The molecule has 0 radical (unpaired) electrons. The van der Waals surface area contributed by atoms with Gasteiger partial charge in [-0.3, -0.25) is 0 Å². The SMILES string of the molecule is C=CCC[C@H]1CC[C@H]([C@H]2CC[C@H](CC(CC)OC(CC)C[C@H]3CC[C@H]([C@H]4CC[C@H](CCC=C)CC4)CC3)CC2)CC1. The standard InChI is InChI=1S/C40H70O/c1-5-9-11-31-13-21-35(22-14-31)37-25-17-33(18-26-37)29-39(7-3)41-40(8-4)30-34-19-27-38(28-20-34)36-23-15-32(16-24-36)12-10-6-2/h5-6,31-40H,1-2,7-30H2,3-4H3/t31-,32-,33-,34-,35-,36-,37-,38-,39?,40?. The molecule has 2 unspecified atom stereocenters. The van der Waals surface area contributed by atoms with Crippen LogP contribution in [0.25, 0.3) is 0 Å². The second-order valence-electron chi connectivity index (χ2n) is 15.5. The Labute approximate surface area is 257 Å². The molecule has 4 aliphatic rings. The van der Waals surface area contributed by atoms with E-state index in [1.165, 1.54) is 154 Å². The van der Waals surface area contributed by atoms with Gasteiger partial charge in [0.1, 0.15) is 0 Å². The number of ether oxygens (including phenoxy) is 1. The zero-order valence-electron chi connectivity index (χ0n) is 27.7. The molecule has 0 heterocycles. The minimum absolute atomic E-state index is 0.495. The first-order valence-electron chi connectivity index (χ1n) is 19.0. The fourth-order valence-corrected chi connectivity index (χ4v) is 10.0. The predicted molar refractivity (Wildman–Crippen MR) is 179 cm³/mol. The second kappa shape index (κ2) is 18.3. The maximum atomic E-state index is 6.91. The summed E-state index contributed by atoms with van der Waals surface area (Å²) < 4.78 is 6.91. The fraction of sp³-hybridized carbons (Fsp3) is 0.900. The molecule has 0 aromatic carbocycles. The molecule has 4 fully saturated rings. The molecule has 1 nitrogen and oxygen atoms in total. The molecule has 0 amide bonds. The molecular weight excluding hydrogens is 496 g/mol. The van der Waals surface area contributed by atoms with Crippen LogP contribution in [-0.2, 0) is 4.74 Å². The van der Waals surface area contributed by atoms with E-state index in [0.29, 0.717) is 12.2 Å². The summed E-state index contributed by atoms with van der Waals surface area (Å²) in [6, 6.07) is 0. The van der Waals surface area contributed by atoms with Crippen molar-refractivity contribution in [2.45, 2.75) is 180 Å². The van der Waals surface area contributed by atoms with Gasteiger partial charge in [0.05, 0.1) is 12.2 Å². The third-order valence-corrected chi connectivity index (χ3v) is 12.9. The summed E-state index contributed by atoms with van der Waals surface area (Å²) in [5.74, 6) is 7.93. The van der Waals surface area contributed by atoms with E-state index < -0.39 is 0 Å². The number of hydrogen-bond acceptors (Lipinski definition) is 1. The molecule has 0 saturated heterocycles. The molecule has 1 heteroatoms. The molecular formula is C40H70O. The Morgan fingerprint density at radius 2 is 0.780 bits per heavy atom. The lowest BCUT2D eigenvalue weighted by Gasteiger charge is -2.39. The van der Waals surface area contributed by atoms with Gasteiger partial charge in [0, 0.05) is 0 Å². The van der Waals surface area contributed by atoms with Gasteiger partial charge < -0.3 is 4.74 Å². The summed E-state index contributed by atoms with van der Waals surface area (Å²) in [4.78, 5) is 0. The van der Waals surface area contributed by atoms with Crippen molar-refractivity contribution in [3.63, 3.8) is 0 Å². The second-order valence-corrected chi connectivity index (χ2v) is 15.5. The van der Waals surface area contributed by atoms with Gasteiger partial charge in [-0.2, -0.15) is 0 Å². The van der Waals surface area contributed by atoms with Crippen molar-refractivity contribution >= 4 is 0 Å². The van der Waals surface area contributed by atoms with Gasteiger partial charge in [0.15, 0.2) is 0 Å². The van der Waals surface area contributed by atoms with Crippen LogP contribution in [-0.4, -0.2) is 12.2 Å². The van der Waals surface area contributed by atoms with Crippen LogP contribution in [0.1, 0.15) is 168 Å². The molecule has 0 spiro atoms. The molecule has 0 aromatic rings. The van der Waals surface area contributed by atoms with Crippen LogP contribution in [0, 0.1) is 47.3 Å². The predicted octanol–water partition coefficient (Wildman–Crippen LogP) is 12.5. The van der Waals surface area contributed by atoms with Crippen molar-refractivity contribution in [1.82, 2.24) is 0 Å². The Balaban J connectivity index is 1.11. The van der Waals surface area contributed by atoms with Gasteiger partial charge >= 0.3 is 0 Å². The Bertz CT molecular complexity index is 634. The van der Waals surface area contributed by atoms with Crippen LogP contribution in [0.5, 0.6) is 0 Å². The van der Waals surface area contributed by atoms with Crippen LogP contribution in [0.4, 0.5) is 0 Å². The van der Waals surface area contributed by atoms with Gasteiger partial charge in [0.25, 0.3) is 0 Å². The van der Waals surface area contributed by atoms with E-state index in [4.69, 9.17) is 4.74 Å². The molecule has 0 aliphatic heterocycles. The van der Waals surface area contributed by atoms with Crippen LogP contribution in [0.15, 0.2) is 25.3 Å². The number of hydrogen-bond donors (Lipinski definition) is 0. The maximum Gasteiger partial charge on any atom is 0.0579 e. The van der Waals surface area contributed by atoms with E-state index in [2.05, 4.69) is 39.2 Å². The van der Waals surface area contributed by atoms with Crippen molar-refractivity contribution in [3.05, 3.63) is 25.3 Å². The van der Waals surface area contributed by atoms with Crippen LogP contribution in [0.3, 0.4) is 0 Å². The number of allylic oxidation sites excluding steroid dienone is 2. The summed E-state index contributed by atoms with van der Waals surface area (Å²) in [7, 11) is 0. The molecule has 236 valence electrons. The first-order valence-corrected chi connectivity index (χ1v) is 19.0. The van der Waals surface area contributed by atoms with Gasteiger partial charge in [0.2, 0.25) is 0 Å². The Hall–Kier alpha value is -0.560. The van der Waals surface area contributed by atoms with E-state index in [0.717, 1.165) is 47.3 Å². The third kappa shape index (κ3) is 10.8. The van der Waals surface area contributed by atoms with E-state index in [1.54, 1.807) is 0 Å². The third-order valence-electron chi connectivity index (χ3n) is 12.9. The highest BCUT2D eigenvalue weighted by Crippen LogP contribution is 2.45. The Morgan fingerprint density at radius 1 is 0.488 bits per heavy atom. The lowest BCUT2D eigenvalue weighted by atomic mass is 9.68. The summed E-state index contributed by atoms with van der Waals surface area (Å²) in [6.07, 6.45) is 39.4. The quantitative estimate of drug-likeness (QED) is 0.169. The molecule has 4 rings (SSSR count). The highest BCUT2D eigenvalue weighted by molar-refractivity contribution is 4.86. The lowest BCUT2D eigenvalue weighted by Crippen LogP contribution is -2.30. The van der Waals surface area contributed by atoms with Gasteiger partial charge in [-0.15, -0.1) is 13.2 Å². The van der Waals surface area contributed by atoms with E-state index in [-0.39, 0.29) is 0 Å². The number of rotatable bonds is 16. The summed E-state index contributed by atoms with van der Waals surface area (Å²) in [5.41, 5.74) is 0. The van der Waals surface area contributed by atoms with Crippen LogP contribution in [0.2, 0.25) is 0 Å². The molecule has 4 aliphatic carbocycles. The minimum Gasteiger partial charge on any atom is -0.375 e. The van der Waals surface area contributed by atoms with Crippen LogP contribution >= 0.6 is 0 Å². The Morgan fingerprint density at radius 3 is 1.05 bits per heavy atom. The molecule has 0 bridgehead atoms. The molecule has 0 N–H and O–H groups in total. The molecule has 0 aromatic heterocycles. The molecule has 4 saturated carbocycles. The molecule has 2 atom stereocenters. The molecule has 41 heavy (non-hydrogen) atoms. The van der Waals surface area contributed by atoms with Crippen molar-refractivity contribution < 1.29 is 4.74 Å². The van der Waals surface area contributed by atoms with Gasteiger partial charge in [-0.05, 0) is 150 Å². The van der Waals surface area contributed by atoms with Gasteiger partial charge in [-0.1, -0.05) is 77.4 Å². The summed E-state index contributed by atoms with van der Waals surface area (Å²) in [5, 5.41) is 0. The van der Waals surface area contributed by atoms with Crippen LogP contribution < -0.4 is 0 Å². The topological polar surface area (TPSA) is 9.23 Å². The highest BCUT2D eigenvalue weighted by atomic mass is 16.5. The van der Waals surface area contributed by atoms with Crippen molar-refractivity contribution in [2.75, 3.05) is 0 Å². The zero-order chi connectivity index (χ0) is 28.9. The van der Waals surface area contributed by atoms with Crippen molar-refractivity contribution in [2.24, 2.45) is 47.3 Å². The Kier molecular flexibility index (Phi) is 14.9. The normalized spacial score (nSPS) is 36.3. The lowest BCUT2D eigenvalue weighted by molar-refractivity contribution is -0.0450. The van der Waals surface area contributed by atoms with E-state index >= 15 is 0 Å². The smallest absolute Gasteiger partial charge is 0.0579 e. The van der Waals surface area contributed by atoms with Crippen molar-refractivity contribution in [3.8, 4) is 0 Å². The average molecular weight is 567 g/mol. The first-order chi connectivity index (χ1) is 20.1.